The van der Waals surface area contributed by atoms with Crippen LogP contribution < -0.4 is 5.73 Å². The molecule has 0 saturated heterocycles. The molecular weight excluding hydrogens is 212 g/mol. The van der Waals surface area contributed by atoms with Crippen molar-refractivity contribution in [2.24, 2.45) is 0 Å². The molecule has 2 aromatic rings. The Labute approximate surface area is 91.3 Å². The number of imidazole rings is 1. The second-order valence-electron chi connectivity index (χ2n) is 2.96. The Morgan fingerprint density at radius 2 is 2.00 bits per heavy atom. The van der Waals surface area contributed by atoms with E-state index in [0.29, 0.717) is 10.8 Å². The molecule has 1 aromatic carbocycles. The van der Waals surface area contributed by atoms with E-state index in [2.05, 4.69) is 9.97 Å². The van der Waals surface area contributed by atoms with Gasteiger partial charge in [-0.15, -0.1) is 0 Å². The van der Waals surface area contributed by atoms with Gasteiger partial charge in [0.1, 0.15) is 11.9 Å². The Kier molecular flexibility index (Phi) is 2.32. The Bertz CT molecular complexity index is 521. The average Bonchev–Trinajstić information content (AvgIpc) is 2.61. The molecule has 0 aliphatic carbocycles. The molecule has 0 aliphatic heterocycles. The molecule has 4 nitrogen and oxygen atoms in total. The number of benzene rings is 1. The molecule has 0 amide bonds. The van der Waals surface area contributed by atoms with E-state index < -0.39 is 0 Å². The number of aromatic nitrogens is 2. The van der Waals surface area contributed by atoms with Crippen LogP contribution >= 0.6 is 11.6 Å². The van der Waals surface area contributed by atoms with E-state index in [0.717, 1.165) is 5.56 Å². The number of H-pyrrole nitrogens is 1. The summed E-state index contributed by atoms with van der Waals surface area (Å²) in [5.74, 6) is 0.781. The van der Waals surface area contributed by atoms with Crippen molar-refractivity contribution in [1.29, 1.82) is 5.26 Å². The van der Waals surface area contributed by atoms with Gasteiger partial charge in [0.05, 0.1) is 0 Å². The highest BCUT2D eigenvalue weighted by Crippen LogP contribution is 2.20. The maximum Gasteiger partial charge on any atom is 0.161 e. The molecule has 0 unspecified atom stereocenters. The number of nitrogen functional groups attached to an aromatic ring is 1. The third-order valence-electron chi connectivity index (χ3n) is 1.96. The fraction of sp³-hybridized carbons (Fsp3) is 0. The smallest absolute Gasteiger partial charge is 0.161 e. The van der Waals surface area contributed by atoms with Crippen LogP contribution in [0.25, 0.3) is 11.4 Å². The number of anilines is 1. The molecule has 3 N–H and O–H groups in total. The molecule has 5 heteroatoms. The molecule has 0 saturated carbocycles. The first-order valence-electron chi connectivity index (χ1n) is 4.22. The highest BCUT2D eigenvalue weighted by atomic mass is 35.5. The van der Waals surface area contributed by atoms with Gasteiger partial charge in [0.2, 0.25) is 0 Å². The highest BCUT2D eigenvalue weighted by molar-refractivity contribution is 6.30. The Morgan fingerprint density at radius 1 is 1.33 bits per heavy atom. The molecule has 1 aromatic heterocycles. The van der Waals surface area contributed by atoms with Crippen LogP contribution in [0.2, 0.25) is 5.02 Å². The van der Waals surface area contributed by atoms with Gasteiger partial charge in [-0.25, -0.2) is 4.98 Å². The average molecular weight is 219 g/mol. The summed E-state index contributed by atoms with van der Waals surface area (Å²) >= 11 is 5.76. The number of hydrogen-bond donors (Lipinski definition) is 2. The standard InChI is InChI=1S/C10H7ClN4/c11-7-3-1-6(2-4-7)10-14-8(5-12)9(13)15-10/h1-4H,13H2,(H,14,15). The van der Waals surface area contributed by atoms with Crippen LogP contribution in [0.3, 0.4) is 0 Å². The van der Waals surface area contributed by atoms with Gasteiger partial charge in [-0.2, -0.15) is 5.26 Å². The maximum absolute atomic E-state index is 8.70. The minimum atomic E-state index is 0.211. The topological polar surface area (TPSA) is 78.5 Å². The molecule has 1 heterocycles. The number of rotatable bonds is 1. The second-order valence-corrected chi connectivity index (χ2v) is 3.40. The zero-order valence-electron chi connectivity index (χ0n) is 7.66. The molecule has 15 heavy (non-hydrogen) atoms. The monoisotopic (exact) mass is 218 g/mol. The van der Waals surface area contributed by atoms with Crippen LogP contribution in [-0.2, 0) is 0 Å². The largest absolute Gasteiger partial charge is 0.381 e. The lowest BCUT2D eigenvalue weighted by Crippen LogP contribution is -1.86. The van der Waals surface area contributed by atoms with Crippen LogP contribution in [0.4, 0.5) is 5.82 Å². The lowest BCUT2D eigenvalue weighted by Gasteiger charge is -1.95. The summed E-state index contributed by atoms with van der Waals surface area (Å²) in [6.07, 6.45) is 0. The fourth-order valence-corrected chi connectivity index (χ4v) is 1.34. The molecule has 74 valence electrons. The minimum absolute atomic E-state index is 0.211. The summed E-state index contributed by atoms with van der Waals surface area (Å²) in [4.78, 5) is 6.86. The van der Waals surface area contributed by atoms with Crippen LogP contribution in [0, 0.1) is 11.3 Å². The molecule has 0 bridgehead atoms. The van der Waals surface area contributed by atoms with Crippen LogP contribution in [0.1, 0.15) is 5.69 Å². The van der Waals surface area contributed by atoms with Crippen molar-refractivity contribution < 1.29 is 0 Å². The molecular formula is C10H7ClN4. The summed E-state index contributed by atoms with van der Waals surface area (Å²) in [6.45, 7) is 0. The first kappa shape index (κ1) is 9.56. The molecule has 0 radical (unpaired) electrons. The predicted molar refractivity (Wildman–Crippen MR) is 58.2 cm³/mol. The van der Waals surface area contributed by atoms with Crippen molar-refractivity contribution in [2.45, 2.75) is 0 Å². The van der Waals surface area contributed by atoms with Gasteiger partial charge in [-0.1, -0.05) is 11.6 Å². The summed E-state index contributed by atoms with van der Waals surface area (Å²) in [6, 6.07) is 9.05. The summed E-state index contributed by atoms with van der Waals surface area (Å²) in [7, 11) is 0. The maximum atomic E-state index is 8.70. The van der Waals surface area contributed by atoms with Crippen molar-refractivity contribution in [1.82, 2.24) is 9.97 Å². The van der Waals surface area contributed by atoms with Gasteiger partial charge in [0, 0.05) is 10.6 Å². The second kappa shape index (κ2) is 3.64. The van der Waals surface area contributed by atoms with Gasteiger partial charge in [-0.05, 0) is 24.3 Å². The number of nitrogens with zero attached hydrogens (tertiary/aromatic N) is 2. The number of nitrogens with one attached hydrogen (secondary N) is 1. The Morgan fingerprint density at radius 3 is 2.53 bits per heavy atom. The first-order chi connectivity index (χ1) is 7.20. The number of nitriles is 1. The van der Waals surface area contributed by atoms with Gasteiger partial charge in [-0.3, -0.25) is 0 Å². The van der Waals surface area contributed by atoms with Gasteiger partial charge in [0.25, 0.3) is 0 Å². The summed E-state index contributed by atoms with van der Waals surface area (Å²) in [5.41, 5.74) is 6.65. The third-order valence-corrected chi connectivity index (χ3v) is 2.21. The normalized spacial score (nSPS) is 9.87. The van der Waals surface area contributed by atoms with Gasteiger partial charge < -0.3 is 10.7 Å². The lowest BCUT2D eigenvalue weighted by atomic mass is 10.2. The fourth-order valence-electron chi connectivity index (χ4n) is 1.22. The van der Waals surface area contributed by atoms with E-state index in [-0.39, 0.29) is 11.5 Å². The van der Waals surface area contributed by atoms with E-state index in [9.17, 15) is 0 Å². The quantitative estimate of drug-likeness (QED) is 0.770. The zero-order valence-corrected chi connectivity index (χ0v) is 8.42. The van der Waals surface area contributed by atoms with E-state index >= 15 is 0 Å². The molecule has 0 spiro atoms. The number of aromatic amines is 1. The summed E-state index contributed by atoms with van der Waals surface area (Å²) < 4.78 is 0. The molecule has 0 aliphatic rings. The van der Waals surface area contributed by atoms with Crippen LogP contribution in [0.15, 0.2) is 24.3 Å². The van der Waals surface area contributed by atoms with Crippen LogP contribution in [-0.4, -0.2) is 9.97 Å². The Balaban J connectivity index is 2.46. The number of nitrogens with two attached hydrogens (primary N) is 1. The molecule has 0 atom stereocenters. The first-order valence-corrected chi connectivity index (χ1v) is 4.60. The SMILES string of the molecule is N#Cc1[nH]c(-c2ccc(Cl)cc2)nc1N. The van der Waals surface area contributed by atoms with Gasteiger partial charge in [0.15, 0.2) is 11.5 Å². The third kappa shape index (κ3) is 1.78. The molecule has 0 fully saturated rings. The van der Waals surface area contributed by atoms with Gasteiger partial charge >= 0.3 is 0 Å². The van der Waals surface area contributed by atoms with Crippen molar-refractivity contribution >= 4 is 17.4 Å². The van der Waals surface area contributed by atoms with Crippen molar-refractivity contribution in [3.8, 4) is 17.5 Å². The predicted octanol–water partition coefficient (Wildman–Crippen LogP) is 2.18. The lowest BCUT2D eigenvalue weighted by molar-refractivity contribution is 1.29. The number of halogens is 1. The van der Waals surface area contributed by atoms with Crippen LogP contribution in [0.5, 0.6) is 0 Å². The van der Waals surface area contributed by atoms with E-state index in [1.807, 2.05) is 18.2 Å². The molecule has 2 rings (SSSR count). The van der Waals surface area contributed by atoms with Crippen molar-refractivity contribution in [2.75, 3.05) is 5.73 Å². The van der Waals surface area contributed by atoms with E-state index in [1.54, 1.807) is 12.1 Å². The van der Waals surface area contributed by atoms with Crippen molar-refractivity contribution in [3.05, 3.63) is 35.0 Å². The highest BCUT2D eigenvalue weighted by Gasteiger charge is 2.07. The Hall–Kier alpha value is -1.99. The van der Waals surface area contributed by atoms with E-state index in [4.69, 9.17) is 22.6 Å². The van der Waals surface area contributed by atoms with Crippen molar-refractivity contribution in [3.63, 3.8) is 0 Å². The van der Waals surface area contributed by atoms with E-state index in [1.165, 1.54) is 0 Å². The zero-order chi connectivity index (χ0) is 10.8. The minimum Gasteiger partial charge on any atom is -0.381 e. The summed E-state index contributed by atoms with van der Waals surface area (Å²) in [5, 5.41) is 9.35. The number of hydrogen-bond acceptors (Lipinski definition) is 3.